The van der Waals surface area contributed by atoms with Crippen LogP contribution in [0.5, 0.6) is 0 Å². The molecule has 0 aromatic heterocycles. The average molecular weight is 371 g/mol. The predicted molar refractivity (Wildman–Crippen MR) is 92.7 cm³/mol. The fraction of sp³-hybridized carbons (Fsp3) is 0.778. The van der Waals surface area contributed by atoms with Crippen LogP contribution in [0.2, 0.25) is 0 Å². The van der Waals surface area contributed by atoms with Crippen LogP contribution < -0.4 is 5.32 Å². The number of Topliss-reactive ketones (excluding diaryl/α,β-unsaturated/α-hetero) is 1. The molecule has 26 heavy (non-hydrogen) atoms. The minimum absolute atomic E-state index is 0.237. The highest BCUT2D eigenvalue weighted by molar-refractivity contribution is 5.99. The predicted octanol–water partition coefficient (Wildman–Crippen LogP) is 2.59. The molecule has 0 saturated heterocycles. The van der Waals surface area contributed by atoms with E-state index in [0.29, 0.717) is 6.42 Å². The molecule has 0 spiro atoms. The van der Waals surface area contributed by atoms with Crippen LogP contribution >= 0.6 is 0 Å². The first kappa shape index (κ1) is 21.9. The average Bonchev–Trinajstić information content (AvgIpc) is 2.50. The fourth-order valence-corrected chi connectivity index (χ4v) is 3.10. The number of ketones is 1. The number of hydrogen-bond acceptors (Lipinski definition) is 5. The standard InChI is InChI=1S/C18H29NO7/c1-18(2,3)26-17(25)19-13(9-11-7-5-4-6-8-11)14(20)10-12(15(21)22)16(23)24/h11-13H,4-10H2,1-3H3,(H,19,25)(H,21,22)(H,23,24). The summed E-state index contributed by atoms with van der Waals surface area (Å²) in [6.45, 7) is 5.07. The summed E-state index contributed by atoms with van der Waals surface area (Å²) in [6, 6.07) is -0.950. The van der Waals surface area contributed by atoms with Crippen LogP contribution in [0.1, 0.15) is 65.7 Å². The van der Waals surface area contributed by atoms with E-state index in [4.69, 9.17) is 14.9 Å². The van der Waals surface area contributed by atoms with Crippen LogP contribution in [-0.4, -0.2) is 45.7 Å². The largest absolute Gasteiger partial charge is 0.481 e. The Morgan fingerprint density at radius 2 is 1.58 bits per heavy atom. The highest BCUT2D eigenvalue weighted by Crippen LogP contribution is 2.28. The van der Waals surface area contributed by atoms with Gasteiger partial charge in [0, 0.05) is 6.42 Å². The third-order valence-electron chi connectivity index (χ3n) is 4.37. The number of ether oxygens (including phenoxy) is 1. The Labute approximate surface area is 153 Å². The molecule has 1 fully saturated rings. The van der Waals surface area contributed by atoms with Gasteiger partial charge in [-0.2, -0.15) is 0 Å². The molecule has 3 N–H and O–H groups in total. The number of aliphatic carboxylic acids is 2. The van der Waals surface area contributed by atoms with Crippen molar-refractivity contribution in [3.63, 3.8) is 0 Å². The zero-order chi connectivity index (χ0) is 19.9. The molecule has 0 aliphatic heterocycles. The zero-order valence-electron chi connectivity index (χ0n) is 15.6. The summed E-state index contributed by atoms with van der Waals surface area (Å²) in [6.07, 6.45) is 4.02. The van der Waals surface area contributed by atoms with Crippen LogP contribution in [0.15, 0.2) is 0 Å². The molecule has 1 aliphatic carbocycles. The number of amides is 1. The maximum atomic E-state index is 12.5. The molecule has 0 bridgehead atoms. The number of carbonyl (C=O) groups is 4. The van der Waals surface area contributed by atoms with E-state index < -0.39 is 47.8 Å². The van der Waals surface area contributed by atoms with Gasteiger partial charge in [0.1, 0.15) is 5.60 Å². The van der Waals surface area contributed by atoms with Gasteiger partial charge < -0.3 is 20.3 Å². The number of rotatable bonds is 8. The number of hydrogen-bond donors (Lipinski definition) is 3. The van der Waals surface area contributed by atoms with E-state index in [-0.39, 0.29) is 5.92 Å². The van der Waals surface area contributed by atoms with Crippen molar-refractivity contribution in [1.82, 2.24) is 5.32 Å². The van der Waals surface area contributed by atoms with Crippen molar-refractivity contribution in [2.24, 2.45) is 11.8 Å². The molecular weight excluding hydrogens is 342 g/mol. The third kappa shape index (κ3) is 7.84. The van der Waals surface area contributed by atoms with Gasteiger partial charge in [-0.3, -0.25) is 14.4 Å². The smallest absolute Gasteiger partial charge is 0.408 e. The van der Waals surface area contributed by atoms with Crippen molar-refractivity contribution in [1.29, 1.82) is 0 Å². The van der Waals surface area contributed by atoms with Crippen LogP contribution in [0.25, 0.3) is 0 Å². The lowest BCUT2D eigenvalue weighted by Gasteiger charge is -2.28. The topological polar surface area (TPSA) is 130 Å². The van der Waals surface area contributed by atoms with Gasteiger partial charge in [0.05, 0.1) is 6.04 Å². The van der Waals surface area contributed by atoms with Crippen molar-refractivity contribution >= 4 is 23.8 Å². The van der Waals surface area contributed by atoms with Gasteiger partial charge in [0.2, 0.25) is 0 Å². The number of nitrogens with one attached hydrogen (secondary N) is 1. The molecule has 8 nitrogen and oxygen atoms in total. The maximum absolute atomic E-state index is 12.5. The maximum Gasteiger partial charge on any atom is 0.408 e. The summed E-state index contributed by atoms with van der Waals surface area (Å²) in [4.78, 5) is 46.7. The van der Waals surface area contributed by atoms with Crippen LogP contribution in [-0.2, 0) is 19.1 Å². The number of carboxylic acid groups (broad SMARTS) is 2. The van der Waals surface area contributed by atoms with Gasteiger partial charge in [-0.15, -0.1) is 0 Å². The minimum atomic E-state index is -1.82. The Balaban J connectivity index is 2.83. The van der Waals surface area contributed by atoms with Gasteiger partial charge in [-0.05, 0) is 33.1 Å². The number of alkyl carbamates (subject to hydrolysis) is 1. The first-order chi connectivity index (χ1) is 12.0. The molecule has 0 aromatic carbocycles. The van der Waals surface area contributed by atoms with Crippen LogP contribution in [0.3, 0.4) is 0 Å². The molecule has 1 rings (SSSR count). The Morgan fingerprint density at radius 1 is 1.04 bits per heavy atom. The highest BCUT2D eigenvalue weighted by atomic mass is 16.6. The molecule has 0 radical (unpaired) electrons. The molecule has 0 aromatic rings. The van der Waals surface area contributed by atoms with E-state index in [1.807, 2.05) is 0 Å². The summed E-state index contributed by atoms with van der Waals surface area (Å²) in [5, 5.41) is 20.5. The van der Waals surface area contributed by atoms with Crippen molar-refractivity contribution in [2.45, 2.75) is 77.4 Å². The van der Waals surface area contributed by atoms with Gasteiger partial charge in [-0.25, -0.2) is 4.79 Å². The van der Waals surface area contributed by atoms with E-state index in [1.165, 1.54) is 0 Å². The second-order valence-electron chi connectivity index (χ2n) is 7.84. The van der Waals surface area contributed by atoms with Crippen LogP contribution in [0, 0.1) is 11.8 Å². The molecule has 8 heteroatoms. The van der Waals surface area contributed by atoms with Gasteiger partial charge >= 0.3 is 18.0 Å². The van der Waals surface area contributed by atoms with Gasteiger partial charge in [0.25, 0.3) is 0 Å². The molecular formula is C18H29NO7. The van der Waals surface area contributed by atoms with E-state index in [1.54, 1.807) is 20.8 Å². The third-order valence-corrected chi connectivity index (χ3v) is 4.37. The lowest BCUT2D eigenvalue weighted by molar-refractivity contribution is -0.156. The molecule has 0 heterocycles. The summed E-state index contributed by atoms with van der Waals surface area (Å²) in [7, 11) is 0. The molecule has 1 saturated carbocycles. The lowest BCUT2D eigenvalue weighted by Crippen LogP contribution is -2.45. The second-order valence-corrected chi connectivity index (χ2v) is 7.84. The normalized spacial score (nSPS) is 16.8. The van der Waals surface area contributed by atoms with Crippen LogP contribution in [0.4, 0.5) is 4.79 Å². The van der Waals surface area contributed by atoms with Gasteiger partial charge in [0.15, 0.2) is 11.7 Å². The molecule has 1 atom stereocenters. The monoisotopic (exact) mass is 371 g/mol. The summed E-state index contributed by atoms with van der Waals surface area (Å²) in [5.41, 5.74) is -0.743. The number of carbonyl (C=O) groups excluding carboxylic acids is 2. The first-order valence-corrected chi connectivity index (χ1v) is 8.97. The second kappa shape index (κ2) is 9.54. The summed E-state index contributed by atoms with van der Waals surface area (Å²) < 4.78 is 5.17. The van der Waals surface area contributed by atoms with Crippen molar-refractivity contribution in [3.05, 3.63) is 0 Å². The van der Waals surface area contributed by atoms with E-state index >= 15 is 0 Å². The highest BCUT2D eigenvalue weighted by Gasteiger charge is 2.34. The van der Waals surface area contributed by atoms with Crippen molar-refractivity contribution in [3.8, 4) is 0 Å². The zero-order valence-corrected chi connectivity index (χ0v) is 15.6. The molecule has 1 aliphatic rings. The molecule has 148 valence electrons. The summed E-state index contributed by atoms with van der Waals surface area (Å²) in [5.74, 6) is -5.33. The Morgan fingerprint density at radius 3 is 2.04 bits per heavy atom. The Bertz CT molecular complexity index is 518. The van der Waals surface area contributed by atoms with E-state index in [9.17, 15) is 19.2 Å². The quantitative estimate of drug-likeness (QED) is 0.559. The Kier molecular flexibility index (Phi) is 8.05. The molecule has 1 amide bonds. The van der Waals surface area contributed by atoms with Crippen molar-refractivity contribution in [2.75, 3.05) is 0 Å². The van der Waals surface area contributed by atoms with E-state index in [2.05, 4.69) is 5.32 Å². The molecule has 1 unspecified atom stereocenters. The lowest BCUT2D eigenvalue weighted by atomic mass is 9.83. The SMILES string of the molecule is CC(C)(C)OC(=O)NC(CC1CCCCC1)C(=O)CC(C(=O)O)C(=O)O. The number of carboxylic acids is 2. The first-order valence-electron chi connectivity index (χ1n) is 8.97. The minimum Gasteiger partial charge on any atom is -0.481 e. The summed E-state index contributed by atoms with van der Waals surface area (Å²) >= 11 is 0. The van der Waals surface area contributed by atoms with Gasteiger partial charge in [-0.1, -0.05) is 32.1 Å². The fourth-order valence-electron chi connectivity index (χ4n) is 3.10. The Hall–Kier alpha value is -2.12. The van der Waals surface area contributed by atoms with Crippen molar-refractivity contribution < 1.29 is 34.1 Å². The van der Waals surface area contributed by atoms with E-state index in [0.717, 1.165) is 32.1 Å².